The van der Waals surface area contributed by atoms with E-state index in [0.29, 0.717) is 0 Å². The van der Waals surface area contributed by atoms with Gasteiger partial charge in [-0.2, -0.15) is 0 Å². The number of hydrogen-bond donors (Lipinski definition) is 1. The minimum absolute atomic E-state index is 0.0688. The van der Waals surface area contributed by atoms with Crippen LogP contribution in [-0.2, 0) is 6.42 Å². The highest BCUT2D eigenvalue weighted by atomic mass is 14.8. The van der Waals surface area contributed by atoms with E-state index >= 15 is 0 Å². The van der Waals surface area contributed by atoms with Crippen LogP contribution in [0.1, 0.15) is 22.9 Å². The maximum absolute atomic E-state index is 6.32. The maximum atomic E-state index is 6.32. The van der Waals surface area contributed by atoms with Crippen LogP contribution < -0.4 is 5.73 Å². The lowest BCUT2D eigenvalue weighted by Gasteiger charge is -2.13. The Morgan fingerprint density at radius 1 is 1.00 bits per heavy atom. The fraction of sp³-hybridized carbons (Fsp3) is 0.167. The molecule has 2 aromatic carbocycles. The molecule has 1 atom stereocenters. The molecule has 0 fully saturated rings. The van der Waals surface area contributed by atoms with Crippen molar-refractivity contribution in [3.63, 3.8) is 0 Å². The standard InChI is InChI=1S/C18H18N2/c1-13-11-18(20-17-10-6-5-9-15(13)17)16(19)12-14-7-3-2-4-8-14/h2-11,16H,12,19H2,1H3. The molecule has 1 unspecified atom stereocenters. The molecule has 3 rings (SSSR count). The second-order valence-electron chi connectivity index (χ2n) is 5.18. The summed E-state index contributed by atoms with van der Waals surface area (Å²) in [6.07, 6.45) is 0.811. The molecule has 0 radical (unpaired) electrons. The normalized spacial score (nSPS) is 12.5. The van der Waals surface area contributed by atoms with Crippen LogP contribution in [0.5, 0.6) is 0 Å². The smallest absolute Gasteiger partial charge is 0.0708 e. The molecule has 100 valence electrons. The number of hydrogen-bond acceptors (Lipinski definition) is 2. The summed E-state index contributed by atoms with van der Waals surface area (Å²) in [6.45, 7) is 2.11. The van der Waals surface area contributed by atoms with Crippen LogP contribution in [0.2, 0.25) is 0 Å². The summed E-state index contributed by atoms with van der Waals surface area (Å²) < 4.78 is 0. The van der Waals surface area contributed by atoms with E-state index < -0.39 is 0 Å². The third kappa shape index (κ3) is 2.56. The predicted octanol–water partition coefficient (Wildman–Crippen LogP) is 3.79. The molecule has 0 amide bonds. The summed E-state index contributed by atoms with van der Waals surface area (Å²) >= 11 is 0. The predicted molar refractivity (Wildman–Crippen MR) is 83.6 cm³/mol. The lowest BCUT2D eigenvalue weighted by molar-refractivity contribution is 0.699. The zero-order chi connectivity index (χ0) is 13.9. The Balaban J connectivity index is 1.93. The van der Waals surface area contributed by atoms with E-state index in [1.165, 1.54) is 16.5 Å². The van der Waals surface area contributed by atoms with Gasteiger partial charge in [-0.3, -0.25) is 4.98 Å². The van der Waals surface area contributed by atoms with Crippen molar-refractivity contribution in [2.45, 2.75) is 19.4 Å². The Bertz CT molecular complexity index is 720. The van der Waals surface area contributed by atoms with Crippen molar-refractivity contribution in [1.82, 2.24) is 4.98 Å². The van der Waals surface area contributed by atoms with Crippen LogP contribution in [0.15, 0.2) is 60.7 Å². The van der Waals surface area contributed by atoms with Gasteiger partial charge in [0.1, 0.15) is 0 Å². The van der Waals surface area contributed by atoms with Crippen LogP contribution in [0.25, 0.3) is 10.9 Å². The van der Waals surface area contributed by atoms with Crippen LogP contribution in [0.4, 0.5) is 0 Å². The lowest BCUT2D eigenvalue weighted by Crippen LogP contribution is -2.15. The molecular weight excluding hydrogens is 244 g/mol. The fourth-order valence-electron chi connectivity index (χ4n) is 2.54. The maximum Gasteiger partial charge on any atom is 0.0708 e. The quantitative estimate of drug-likeness (QED) is 0.780. The van der Waals surface area contributed by atoms with E-state index in [-0.39, 0.29) is 6.04 Å². The fourth-order valence-corrected chi connectivity index (χ4v) is 2.54. The second-order valence-corrected chi connectivity index (χ2v) is 5.18. The zero-order valence-corrected chi connectivity index (χ0v) is 11.6. The molecule has 0 saturated carbocycles. The summed E-state index contributed by atoms with van der Waals surface area (Å²) in [6, 6.07) is 20.6. The van der Waals surface area contributed by atoms with Crippen LogP contribution in [0.3, 0.4) is 0 Å². The van der Waals surface area contributed by atoms with E-state index in [1.54, 1.807) is 0 Å². The number of aromatic nitrogens is 1. The largest absolute Gasteiger partial charge is 0.322 e. The minimum atomic E-state index is -0.0688. The molecular formula is C18H18N2. The first-order valence-corrected chi connectivity index (χ1v) is 6.90. The van der Waals surface area contributed by atoms with Gasteiger partial charge in [-0.05, 0) is 36.6 Å². The monoisotopic (exact) mass is 262 g/mol. The molecule has 20 heavy (non-hydrogen) atoms. The van der Waals surface area contributed by atoms with E-state index in [0.717, 1.165) is 17.6 Å². The summed E-state index contributed by atoms with van der Waals surface area (Å²) in [4.78, 5) is 4.71. The first-order valence-electron chi connectivity index (χ1n) is 6.90. The van der Waals surface area contributed by atoms with Crippen molar-refractivity contribution in [2.75, 3.05) is 0 Å². The molecule has 1 heterocycles. The van der Waals surface area contributed by atoms with Crippen molar-refractivity contribution in [1.29, 1.82) is 0 Å². The summed E-state index contributed by atoms with van der Waals surface area (Å²) in [5.74, 6) is 0. The van der Waals surface area contributed by atoms with E-state index in [9.17, 15) is 0 Å². The second kappa shape index (κ2) is 5.43. The van der Waals surface area contributed by atoms with Crippen molar-refractivity contribution in [3.8, 4) is 0 Å². The van der Waals surface area contributed by atoms with Gasteiger partial charge in [0.2, 0.25) is 0 Å². The van der Waals surface area contributed by atoms with Crippen molar-refractivity contribution < 1.29 is 0 Å². The number of nitrogens with zero attached hydrogens (tertiary/aromatic N) is 1. The van der Waals surface area contributed by atoms with E-state index in [4.69, 9.17) is 10.7 Å². The average molecular weight is 262 g/mol. The Hall–Kier alpha value is -2.19. The van der Waals surface area contributed by atoms with Crippen molar-refractivity contribution >= 4 is 10.9 Å². The van der Waals surface area contributed by atoms with E-state index in [2.05, 4.69) is 31.2 Å². The molecule has 0 spiro atoms. The van der Waals surface area contributed by atoms with Gasteiger partial charge in [-0.25, -0.2) is 0 Å². The minimum Gasteiger partial charge on any atom is -0.322 e. The average Bonchev–Trinajstić information content (AvgIpc) is 2.48. The van der Waals surface area contributed by atoms with Gasteiger partial charge in [0.25, 0.3) is 0 Å². The number of nitrogens with two attached hydrogens (primary N) is 1. The molecule has 0 saturated heterocycles. The van der Waals surface area contributed by atoms with Gasteiger partial charge in [0.05, 0.1) is 17.3 Å². The van der Waals surface area contributed by atoms with Crippen molar-refractivity contribution in [2.24, 2.45) is 5.73 Å². The van der Waals surface area contributed by atoms with Gasteiger partial charge in [0.15, 0.2) is 0 Å². The first-order chi connectivity index (χ1) is 9.74. The summed E-state index contributed by atoms with van der Waals surface area (Å²) in [7, 11) is 0. The summed E-state index contributed by atoms with van der Waals surface area (Å²) in [5, 5.41) is 1.20. The van der Waals surface area contributed by atoms with Gasteiger partial charge in [0, 0.05) is 5.39 Å². The molecule has 2 heteroatoms. The molecule has 0 aliphatic rings. The van der Waals surface area contributed by atoms with E-state index in [1.807, 2.05) is 36.4 Å². The third-order valence-electron chi connectivity index (χ3n) is 3.62. The number of pyridine rings is 1. The summed E-state index contributed by atoms with van der Waals surface area (Å²) in [5.41, 5.74) is 10.8. The Morgan fingerprint density at radius 2 is 1.70 bits per heavy atom. The number of fused-ring (bicyclic) bond motifs is 1. The molecule has 0 bridgehead atoms. The Kier molecular flexibility index (Phi) is 3.48. The highest BCUT2D eigenvalue weighted by Gasteiger charge is 2.10. The van der Waals surface area contributed by atoms with Gasteiger partial charge < -0.3 is 5.73 Å². The molecule has 1 aromatic heterocycles. The lowest BCUT2D eigenvalue weighted by atomic mass is 10.0. The van der Waals surface area contributed by atoms with Crippen LogP contribution >= 0.6 is 0 Å². The molecule has 2 nitrogen and oxygen atoms in total. The topological polar surface area (TPSA) is 38.9 Å². The Labute approximate surface area is 119 Å². The van der Waals surface area contributed by atoms with Crippen LogP contribution in [0, 0.1) is 6.92 Å². The van der Waals surface area contributed by atoms with Gasteiger partial charge >= 0.3 is 0 Å². The first kappa shape index (κ1) is 12.8. The molecule has 0 aliphatic heterocycles. The molecule has 2 N–H and O–H groups in total. The van der Waals surface area contributed by atoms with Gasteiger partial charge in [-0.1, -0.05) is 48.5 Å². The number of benzene rings is 2. The zero-order valence-electron chi connectivity index (χ0n) is 11.6. The van der Waals surface area contributed by atoms with Crippen LogP contribution in [-0.4, -0.2) is 4.98 Å². The number of rotatable bonds is 3. The molecule has 0 aliphatic carbocycles. The highest BCUT2D eigenvalue weighted by Crippen LogP contribution is 2.21. The third-order valence-corrected chi connectivity index (χ3v) is 3.62. The number of aryl methyl sites for hydroxylation is 1. The van der Waals surface area contributed by atoms with Crippen molar-refractivity contribution in [3.05, 3.63) is 77.5 Å². The molecule has 3 aromatic rings. The highest BCUT2D eigenvalue weighted by molar-refractivity contribution is 5.82. The Morgan fingerprint density at radius 3 is 2.50 bits per heavy atom. The van der Waals surface area contributed by atoms with Gasteiger partial charge in [-0.15, -0.1) is 0 Å². The SMILES string of the molecule is Cc1cc(C(N)Cc2ccccc2)nc2ccccc12. The number of para-hydroxylation sites is 1.